The molecule has 0 spiro atoms. The Morgan fingerprint density at radius 3 is 2.45 bits per heavy atom. The van der Waals surface area contributed by atoms with E-state index < -0.39 is 11.8 Å². The molecule has 0 radical (unpaired) electrons. The normalized spacial score (nSPS) is 11.1. The zero-order chi connectivity index (χ0) is 24.1. The van der Waals surface area contributed by atoms with E-state index in [1.165, 1.54) is 15.6 Å². The van der Waals surface area contributed by atoms with Crippen LogP contribution in [0.2, 0.25) is 10.0 Å². The first kappa shape index (κ1) is 24.7. The number of amides is 2. The summed E-state index contributed by atoms with van der Waals surface area (Å²) in [6.07, 6.45) is 0.643. The maximum Gasteiger partial charge on any atom is 0.275 e. The smallest absolute Gasteiger partial charge is 0.275 e. The number of aromatic nitrogens is 2. The van der Waals surface area contributed by atoms with E-state index >= 15 is 0 Å². The zero-order valence-corrected chi connectivity index (χ0v) is 20.3. The van der Waals surface area contributed by atoms with E-state index in [1.54, 1.807) is 36.4 Å². The van der Waals surface area contributed by atoms with Gasteiger partial charge in [0.1, 0.15) is 6.54 Å². The minimum absolute atomic E-state index is 0.150. The fourth-order valence-corrected chi connectivity index (χ4v) is 3.94. The Balaban J connectivity index is 1.93. The van der Waals surface area contributed by atoms with Gasteiger partial charge in [-0.05, 0) is 36.6 Å². The van der Waals surface area contributed by atoms with Gasteiger partial charge in [-0.1, -0.05) is 62.2 Å². The maximum atomic E-state index is 13.5. The molecule has 1 N–H and O–H groups in total. The van der Waals surface area contributed by atoms with Gasteiger partial charge in [0.2, 0.25) is 5.91 Å². The third kappa shape index (κ3) is 5.92. The van der Waals surface area contributed by atoms with Crippen LogP contribution in [0.3, 0.4) is 0 Å². The molecular weight excluding hydrogens is 463 g/mol. The summed E-state index contributed by atoms with van der Waals surface area (Å²) in [7, 11) is 0. The SMILES string of the molecule is CCCN(CC(=O)Nc1ccc(Cl)cc1Cl)C(=O)c1nn(CC(C)C)c(=O)c2ccccc12. The van der Waals surface area contributed by atoms with Crippen LogP contribution in [0.15, 0.2) is 47.3 Å². The Labute approximate surface area is 202 Å². The highest BCUT2D eigenvalue weighted by Gasteiger charge is 2.24. The first-order valence-electron chi connectivity index (χ1n) is 10.7. The predicted octanol–water partition coefficient (Wildman–Crippen LogP) is 4.85. The second-order valence-electron chi connectivity index (χ2n) is 8.17. The number of rotatable bonds is 8. The number of anilines is 1. The number of carbonyl (C=O) groups excluding carboxylic acids is 2. The molecule has 1 heterocycles. The number of hydrogen-bond acceptors (Lipinski definition) is 4. The summed E-state index contributed by atoms with van der Waals surface area (Å²) in [5.41, 5.74) is 0.314. The molecule has 0 aliphatic heterocycles. The highest BCUT2D eigenvalue weighted by molar-refractivity contribution is 6.36. The second kappa shape index (κ2) is 10.8. The van der Waals surface area contributed by atoms with Gasteiger partial charge in [0.05, 0.1) is 16.1 Å². The van der Waals surface area contributed by atoms with Crippen molar-refractivity contribution in [3.05, 3.63) is 68.6 Å². The predicted molar refractivity (Wildman–Crippen MR) is 132 cm³/mol. The summed E-state index contributed by atoms with van der Waals surface area (Å²) in [5, 5.41) is 8.77. The summed E-state index contributed by atoms with van der Waals surface area (Å²) >= 11 is 12.1. The van der Waals surface area contributed by atoms with Crippen LogP contribution >= 0.6 is 23.2 Å². The molecule has 0 aliphatic carbocycles. The molecule has 0 fully saturated rings. The van der Waals surface area contributed by atoms with Crippen LogP contribution in [0.25, 0.3) is 10.8 Å². The van der Waals surface area contributed by atoms with E-state index in [-0.39, 0.29) is 23.7 Å². The topological polar surface area (TPSA) is 84.3 Å². The third-order valence-corrected chi connectivity index (χ3v) is 5.48. The Kier molecular flexibility index (Phi) is 8.10. The fraction of sp³-hybridized carbons (Fsp3) is 0.333. The Morgan fingerprint density at radius 1 is 1.12 bits per heavy atom. The number of hydrogen-bond donors (Lipinski definition) is 1. The number of halogens is 2. The molecule has 0 atom stereocenters. The summed E-state index contributed by atoms with van der Waals surface area (Å²) in [4.78, 5) is 40.5. The lowest BCUT2D eigenvalue weighted by atomic mass is 10.1. The minimum Gasteiger partial charge on any atom is -0.328 e. The Morgan fingerprint density at radius 2 is 1.82 bits per heavy atom. The van der Waals surface area contributed by atoms with Gasteiger partial charge in [-0.15, -0.1) is 0 Å². The summed E-state index contributed by atoms with van der Waals surface area (Å²) < 4.78 is 1.33. The first-order valence-corrected chi connectivity index (χ1v) is 11.5. The van der Waals surface area contributed by atoms with Crippen LogP contribution < -0.4 is 10.9 Å². The third-order valence-electron chi connectivity index (χ3n) is 4.93. The minimum atomic E-state index is -0.414. The van der Waals surface area contributed by atoms with Gasteiger partial charge in [-0.2, -0.15) is 5.10 Å². The quantitative estimate of drug-likeness (QED) is 0.490. The van der Waals surface area contributed by atoms with Gasteiger partial charge in [-0.3, -0.25) is 14.4 Å². The molecule has 0 unspecified atom stereocenters. The van der Waals surface area contributed by atoms with E-state index in [2.05, 4.69) is 10.4 Å². The van der Waals surface area contributed by atoms with E-state index in [4.69, 9.17) is 23.2 Å². The molecule has 3 aromatic rings. The van der Waals surface area contributed by atoms with Crippen molar-refractivity contribution in [1.29, 1.82) is 0 Å². The average molecular weight is 489 g/mol. The van der Waals surface area contributed by atoms with Gasteiger partial charge in [0.25, 0.3) is 11.5 Å². The average Bonchev–Trinajstić information content (AvgIpc) is 2.76. The molecule has 2 aromatic carbocycles. The van der Waals surface area contributed by atoms with Crippen LogP contribution in [0, 0.1) is 5.92 Å². The standard InChI is InChI=1S/C24H26Cl2N4O3/c1-4-11-29(14-21(31)27-20-10-9-16(25)12-19(20)26)24(33)22-17-7-5-6-8-18(17)23(32)30(28-22)13-15(2)3/h5-10,12,15H,4,11,13-14H2,1-3H3,(H,27,31). The highest BCUT2D eigenvalue weighted by Crippen LogP contribution is 2.25. The van der Waals surface area contributed by atoms with Gasteiger partial charge >= 0.3 is 0 Å². The highest BCUT2D eigenvalue weighted by atomic mass is 35.5. The lowest BCUT2D eigenvalue weighted by Gasteiger charge is -2.22. The molecule has 33 heavy (non-hydrogen) atoms. The lowest BCUT2D eigenvalue weighted by Crippen LogP contribution is -2.40. The molecule has 2 amide bonds. The molecule has 0 saturated heterocycles. The van der Waals surface area contributed by atoms with E-state index in [0.29, 0.717) is 46.0 Å². The molecule has 9 heteroatoms. The second-order valence-corrected chi connectivity index (χ2v) is 9.02. The van der Waals surface area contributed by atoms with Crippen LogP contribution in [-0.4, -0.2) is 39.6 Å². The number of nitrogens with zero attached hydrogens (tertiary/aromatic N) is 3. The van der Waals surface area contributed by atoms with Crippen molar-refractivity contribution in [2.75, 3.05) is 18.4 Å². The maximum absolute atomic E-state index is 13.5. The zero-order valence-electron chi connectivity index (χ0n) is 18.8. The molecule has 1 aromatic heterocycles. The molecule has 0 aliphatic rings. The number of carbonyl (C=O) groups is 2. The summed E-state index contributed by atoms with van der Waals surface area (Å²) in [5.74, 6) is -0.648. The monoisotopic (exact) mass is 488 g/mol. The van der Waals surface area contributed by atoms with Crippen molar-refractivity contribution in [1.82, 2.24) is 14.7 Å². The van der Waals surface area contributed by atoms with Gasteiger partial charge in [0.15, 0.2) is 5.69 Å². The van der Waals surface area contributed by atoms with Crippen molar-refractivity contribution in [3.63, 3.8) is 0 Å². The Bertz CT molecular complexity index is 1240. The molecule has 174 valence electrons. The van der Waals surface area contributed by atoms with E-state index in [1.807, 2.05) is 20.8 Å². The molecular formula is C24H26Cl2N4O3. The Hall–Kier alpha value is -2.90. The van der Waals surface area contributed by atoms with Crippen LogP contribution in [-0.2, 0) is 11.3 Å². The van der Waals surface area contributed by atoms with Crippen molar-refractivity contribution in [3.8, 4) is 0 Å². The molecule has 0 saturated carbocycles. The first-order chi connectivity index (χ1) is 15.7. The largest absolute Gasteiger partial charge is 0.328 e. The van der Waals surface area contributed by atoms with Crippen molar-refractivity contribution in [2.45, 2.75) is 33.7 Å². The number of nitrogens with one attached hydrogen (secondary N) is 1. The van der Waals surface area contributed by atoms with Crippen LogP contribution in [0.5, 0.6) is 0 Å². The van der Waals surface area contributed by atoms with Crippen molar-refractivity contribution >= 4 is 51.5 Å². The number of fused-ring (bicyclic) bond motifs is 1. The molecule has 7 nitrogen and oxygen atoms in total. The number of benzene rings is 2. The lowest BCUT2D eigenvalue weighted by molar-refractivity contribution is -0.116. The summed E-state index contributed by atoms with van der Waals surface area (Å²) in [6, 6.07) is 11.6. The summed E-state index contributed by atoms with van der Waals surface area (Å²) in [6.45, 7) is 6.40. The van der Waals surface area contributed by atoms with Gasteiger partial charge < -0.3 is 10.2 Å². The van der Waals surface area contributed by atoms with Gasteiger partial charge in [-0.25, -0.2) is 4.68 Å². The van der Waals surface area contributed by atoms with Crippen molar-refractivity contribution < 1.29 is 9.59 Å². The molecule has 0 bridgehead atoms. The van der Waals surface area contributed by atoms with Crippen molar-refractivity contribution in [2.24, 2.45) is 5.92 Å². The van der Waals surface area contributed by atoms with Gasteiger partial charge in [0, 0.05) is 23.5 Å². The van der Waals surface area contributed by atoms with Crippen LogP contribution in [0.4, 0.5) is 5.69 Å². The fourth-order valence-electron chi connectivity index (χ4n) is 3.49. The van der Waals surface area contributed by atoms with E-state index in [9.17, 15) is 14.4 Å². The van der Waals surface area contributed by atoms with Crippen LogP contribution in [0.1, 0.15) is 37.7 Å². The molecule has 3 rings (SSSR count). The van der Waals surface area contributed by atoms with E-state index in [0.717, 1.165) is 0 Å².